The van der Waals surface area contributed by atoms with E-state index in [1.54, 1.807) is 18.2 Å². The molecule has 0 aliphatic carbocycles. The summed E-state index contributed by atoms with van der Waals surface area (Å²) in [6, 6.07) is 15.4. The van der Waals surface area contributed by atoms with E-state index >= 15 is 0 Å². The number of nitrogens with zero attached hydrogens (tertiary/aromatic N) is 3. The Morgan fingerprint density at radius 3 is 2.67 bits per heavy atom. The van der Waals surface area contributed by atoms with Gasteiger partial charge in [0.05, 0.1) is 43.7 Å². The Labute approximate surface area is 259 Å². The molecule has 3 heterocycles. The lowest BCUT2D eigenvalue weighted by atomic mass is 10.1. The van der Waals surface area contributed by atoms with Gasteiger partial charge in [0.15, 0.2) is 0 Å². The minimum Gasteiger partial charge on any atom is -0.494 e. The van der Waals surface area contributed by atoms with Gasteiger partial charge < -0.3 is 35.6 Å². The molecule has 2 aliphatic heterocycles. The molecule has 2 unspecified atom stereocenters. The second-order valence-corrected chi connectivity index (χ2v) is 10.8. The van der Waals surface area contributed by atoms with Gasteiger partial charge in [-0.2, -0.15) is 0 Å². The third kappa shape index (κ3) is 7.26. The first kappa shape index (κ1) is 30.1. The molecular weight excluding hydrogens is 577 g/mol. The lowest BCUT2D eigenvalue weighted by Crippen LogP contribution is -2.36. The monoisotopic (exact) mass is 611 g/mol. The van der Waals surface area contributed by atoms with Gasteiger partial charge in [0.25, 0.3) is 0 Å². The Bertz CT molecular complexity index is 1720. The van der Waals surface area contributed by atoms with Crippen LogP contribution in [-0.2, 0) is 20.8 Å². The van der Waals surface area contributed by atoms with E-state index in [2.05, 4.69) is 30.8 Å². The topological polar surface area (TPSA) is 134 Å². The highest BCUT2D eigenvalue weighted by Gasteiger charge is 2.35. The van der Waals surface area contributed by atoms with Crippen LogP contribution in [0.15, 0.2) is 73.1 Å². The zero-order valence-electron chi connectivity index (χ0n) is 24.8. The Morgan fingerprint density at radius 2 is 1.91 bits per heavy atom. The summed E-state index contributed by atoms with van der Waals surface area (Å²) in [6.45, 7) is 3.83. The minimum absolute atomic E-state index is 0.0888. The summed E-state index contributed by atoms with van der Waals surface area (Å²) in [7, 11) is 1.53. The first-order chi connectivity index (χ1) is 22.0. The highest BCUT2D eigenvalue weighted by Crippen LogP contribution is 2.33. The van der Waals surface area contributed by atoms with Crippen LogP contribution in [0.4, 0.5) is 27.3 Å². The average molecular weight is 612 g/mol. The maximum absolute atomic E-state index is 13.6. The number of halogens is 1. The zero-order valence-corrected chi connectivity index (χ0v) is 24.8. The molecule has 6 rings (SSSR count). The summed E-state index contributed by atoms with van der Waals surface area (Å²) in [5.41, 5.74) is 3.97. The number of amides is 1. The van der Waals surface area contributed by atoms with Crippen LogP contribution in [0.3, 0.4) is 0 Å². The zero-order chi connectivity index (χ0) is 31.2. The second-order valence-electron chi connectivity index (χ2n) is 10.8. The minimum atomic E-state index is -0.295. The van der Waals surface area contributed by atoms with Crippen molar-refractivity contribution in [2.24, 2.45) is 0 Å². The fourth-order valence-corrected chi connectivity index (χ4v) is 5.52. The number of hydrogen-bond donors (Lipinski definition) is 4. The fourth-order valence-electron chi connectivity index (χ4n) is 5.52. The first-order valence-corrected chi connectivity index (χ1v) is 14.6. The molecule has 2 aliphatic rings. The molecule has 0 radical (unpaired) electrons. The number of methoxy groups -OCH3 is 1. The summed E-state index contributed by atoms with van der Waals surface area (Å²) >= 11 is 0. The van der Waals surface area contributed by atoms with Crippen molar-refractivity contribution in [3.63, 3.8) is 0 Å². The summed E-state index contributed by atoms with van der Waals surface area (Å²) in [6.07, 6.45) is 6.21. The highest BCUT2D eigenvalue weighted by molar-refractivity contribution is 6.03. The predicted molar refractivity (Wildman–Crippen MR) is 171 cm³/mol. The Kier molecular flexibility index (Phi) is 9.24. The average Bonchev–Trinajstić information content (AvgIpc) is 3.47. The van der Waals surface area contributed by atoms with Crippen LogP contribution < -0.4 is 20.7 Å². The number of anilines is 4. The number of fused-ring (bicyclic) bond motifs is 2. The number of nitrogens with one attached hydrogen (secondary N) is 4. The van der Waals surface area contributed by atoms with E-state index in [1.165, 1.54) is 37.9 Å². The number of rotatable bonds is 11. The van der Waals surface area contributed by atoms with Crippen LogP contribution in [0.2, 0.25) is 0 Å². The third-order valence-corrected chi connectivity index (χ3v) is 7.73. The van der Waals surface area contributed by atoms with Crippen molar-refractivity contribution in [2.45, 2.75) is 18.8 Å². The number of aromatic nitrogens is 2. The normalized spacial score (nSPS) is 18.1. The van der Waals surface area contributed by atoms with Crippen LogP contribution in [0.25, 0.3) is 10.9 Å². The first-order valence-electron chi connectivity index (χ1n) is 14.6. The molecule has 0 bridgehead atoms. The predicted octanol–water partition coefficient (Wildman–Crippen LogP) is 4.73. The fraction of sp³-hybridized carbons (Fsp3) is 0.273. The molecule has 4 N–H and O–H groups in total. The Hall–Kier alpha value is -4.91. The maximum atomic E-state index is 13.6. The van der Waals surface area contributed by atoms with Crippen molar-refractivity contribution in [1.29, 1.82) is 5.41 Å². The van der Waals surface area contributed by atoms with Crippen molar-refractivity contribution in [3.8, 4) is 5.75 Å². The molecule has 11 nitrogen and oxygen atoms in total. The smallest absolute Gasteiger partial charge is 0.248 e. The van der Waals surface area contributed by atoms with Gasteiger partial charge in [-0.05, 0) is 42.0 Å². The highest BCUT2D eigenvalue weighted by atomic mass is 19.1. The maximum Gasteiger partial charge on any atom is 0.248 e. The molecule has 2 atom stereocenters. The number of carbonyl (C=O) groups is 1. The molecule has 2 fully saturated rings. The summed E-state index contributed by atoms with van der Waals surface area (Å²) < 4.78 is 30.7. The van der Waals surface area contributed by atoms with Crippen LogP contribution >= 0.6 is 0 Å². The van der Waals surface area contributed by atoms with Crippen molar-refractivity contribution >= 4 is 45.9 Å². The van der Waals surface area contributed by atoms with Crippen molar-refractivity contribution in [3.05, 3.63) is 90.0 Å². The molecule has 0 saturated carbocycles. The number of ether oxygens (including phenoxy) is 3. The summed E-state index contributed by atoms with van der Waals surface area (Å²) in [5, 5.41) is 18.1. The molecule has 1 amide bonds. The van der Waals surface area contributed by atoms with E-state index in [4.69, 9.17) is 19.6 Å². The molecular formula is C33H34FN7O4. The molecule has 45 heavy (non-hydrogen) atoms. The number of benzene rings is 3. The second kappa shape index (κ2) is 13.8. The van der Waals surface area contributed by atoms with E-state index in [-0.39, 0.29) is 23.9 Å². The third-order valence-electron chi connectivity index (χ3n) is 7.73. The van der Waals surface area contributed by atoms with Gasteiger partial charge >= 0.3 is 0 Å². The standard InChI is InChI=1S/C33H34FN7O4/c1-43-29-15-27-25(14-28(29)40-32(42)6-3-9-41-18-30-31(19-41)45-11-10-44-30)33(38-20-37-27)39-24-7-8-26(22(13-24)16-35)36-17-21-4-2-5-23(34)12-21/h2-8,12-16,20,30-31,35-36H,9-11,17-19H2,1H3,(H,40,42)(H,37,38,39)/b6-3+,35-16?. The molecule has 4 aromatic rings. The SMILES string of the molecule is COc1cc2ncnc(Nc3ccc(NCc4cccc(F)c4)c(C=N)c3)c2cc1NC(=O)/C=C/CN1CC2OCCOC2C1. The van der Waals surface area contributed by atoms with Gasteiger partial charge in [0, 0.05) is 66.9 Å². The van der Waals surface area contributed by atoms with E-state index in [0.29, 0.717) is 65.7 Å². The molecule has 3 aromatic carbocycles. The molecule has 1 aromatic heterocycles. The van der Waals surface area contributed by atoms with Crippen LogP contribution in [0.1, 0.15) is 11.1 Å². The van der Waals surface area contributed by atoms with E-state index in [1.807, 2.05) is 30.3 Å². The largest absolute Gasteiger partial charge is 0.494 e. The van der Waals surface area contributed by atoms with Gasteiger partial charge in [0.1, 0.15) is 23.7 Å². The van der Waals surface area contributed by atoms with Gasteiger partial charge in [-0.3, -0.25) is 9.69 Å². The van der Waals surface area contributed by atoms with Crippen LogP contribution in [0, 0.1) is 11.2 Å². The lowest BCUT2D eigenvalue weighted by Gasteiger charge is -2.24. The number of carbonyl (C=O) groups excluding carboxylic acids is 1. The van der Waals surface area contributed by atoms with Gasteiger partial charge in [-0.25, -0.2) is 14.4 Å². The Morgan fingerprint density at radius 1 is 1.09 bits per heavy atom. The number of likely N-dealkylation sites (tertiary alicyclic amines) is 1. The van der Waals surface area contributed by atoms with Crippen molar-refractivity contribution in [2.75, 3.05) is 55.9 Å². The van der Waals surface area contributed by atoms with E-state index in [0.717, 1.165) is 24.3 Å². The van der Waals surface area contributed by atoms with Crippen molar-refractivity contribution in [1.82, 2.24) is 14.9 Å². The summed E-state index contributed by atoms with van der Waals surface area (Å²) in [5.74, 6) is 0.396. The number of hydrogen-bond acceptors (Lipinski definition) is 10. The van der Waals surface area contributed by atoms with Gasteiger partial charge in [-0.1, -0.05) is 18.2 Å². The van der Waals surface area contributed by atoms with Crippen LogP contribution in [0.5, 0.6) is 5.75 Å². The lowest BCUT2D eigenvalue weighted by molar-refractivity contribution is -0.116. The van der Waals surface area contributed by atoms with Crippen LogP contribution in [-0.4, -0.2) is 79.2 Å². The van der Waals surface area contributed by atoms with Crippen molar-refractivity contribution < 1.29 is 23.4 Å². The molecule has 12 heteroatoms. The van der Waals surface area contributed by atoms with E-state index in [9.17, 15) is 9.18 Å². The quantitative estimate of drug-likeness (QED) is 0.140. The molecule has 2 saturated heterocycles. The summed E-state index contributed by atoms with van der Waals surface area (Å²) in [4.78, 5) is 23.9. The molecule has 0 spiro atoms. The van der Waals surface area contributed by atoms with Gasteiger partial charge in [-0.15, -0.1) is 0 Å². The van der Waals surface area contributed by atoms with Gasteiger partial charge in [0.2, 0.25) is 5.91 Å². The Balaban J connectivity index is 1.15. The molecule has 232 valence electrons. The van der Waals surface area contributed by atoms with E-state index < -0.39 is 0 Å².